The standard InChI is InChI=1S/C27H27FN2O3S/c1-3-22(31)23(32)10-25(33)30(27-11-17(12-27)13-27)15-29-26-18-8-9-21(28)16(2)20(18)14-34-24-7-5-4-6-19(24)26/h3-10,17,26,29,32H,1,11-15H2,2H3/b23-10-/t17?,26-,27?/m0/s1. The Kier molecular flexibility index (Phi) is 5.86. The van der Waals surface area contributed by atoms with Crippen LogP contribution in [0.15, 0.2) is 65.8 Å². The van der Waals surface area contributed by atoms with Crippen molar-refractivity contribution < 1.29 is 19.1 Å². The fraction of sp³-hybridized carbons (Fsp3) is 0.333. The van der Waals surface area contributed by atoms with Crippen molar-refractivity contribution >= 4 is 23.5 Å². The number of benzene rings is 2. The molecule has 176 valence electrons. The van der Waals surface area contributed by atoms with Crippen LogP contribution >= 0.6 is 11.8 Å². The number of aliphatic hydroxyl groups excluding tert-OH is 1. The Labute approximate surface area is 202 Å². The number of hydrogen-bond donors (Lipinski definition) is 2. The number of carbonyl (C=O) groups is 2. The second-order valence-corrected chi connectivity index (χ2v) is 10.4. The Morgan fingerprint density at radius 2 is 1.97 bits per heavy atom. The van der Waals surface area contributed by atoms with Gasteiger partial charge < -0.3 is 10.0 Å². The third kappa shape index (κ3) is 3.77. The highest BCUT2D eigenvalue weighted by Crippen LogP contribution is 2.60. The first kappa shape index (κ1) is 22.9. The molecule has 0 saturated heterocycles. The van der Waals surface area contributed by atoms with Gasteiger partial charge >= 0.3 is 0 Å². The molecule has 1 aliphatic heterocycles. The average Bonchev–Trinajstić information content (AvgIpc) is 2.93. The van der Waals surface area contributed by atoms with Gasteiger partial charge in [0, 0.05) is 22.3 Å². The van der Waals surface area contributed by atoms with Gasteiger partial charge in [0.2, 0.25) is 5.78 Å². The van der Waals surface area contributed by atoms with Crippen molar-refractivity contribution in [2.45, 2.75) is 48.4 Å². The van der Waals surface area contributed by atoms with Crippen molar-refractivity contribution in [1.29, 1.82) is 0 Å². The molecule has 2 aromatic rings. The number of nitrogens with one attached hydrogen (secondary N) is 1. The van der Waals surface area contributed by atoms with Gasteiger partial charge in [-0.2, -0.15) is 0 Å². The minimum absolute atomic E-state index is 0.220. The lowest BCUT2D eigenvalue weighted by Crippen LogP contribution is -2.70. The summed E-state index contributed by atoms with van der Waals surface area (Å²) in [6, 6.07) is 11.2. The Hall–Kier alpha value is -2.90. The number of fused-ring (bicyclic) bond motifs is 2. The summed E-state index contributed by atoms with van der Waals surface area (Å²) < 4.78 is 14.4. The number of ketones is 1. The van der Waals surface area contributed by atoms with Crippen LogP contribution < -0.4 is 5.32 Å². The molecule has 0 radical (unpaired) electrons. The van der Waals surface area contributed by atoms with E-state index in [4.69, 9.17) is 0 Å². The van der Waals surface area contributed by atoms with E-state index in [0.29, 0.717) is 17.2 Å². The molecule has 4 aliphatic rings. The molecule has 6 rings (SSSR count). The van der Waals surface area contributed by atoms with E-state index in [-0.39, 0.29) is 24.1 Å². The van der Waals surface area contributed by atoms with Gasteiger partial charge in [-0.1, -0.05) is 30.8 Å². The predicted octanol–water partition coefficient (Wildman–Crippen LogP) is 4.95. The molecule has 1 atom stereocenters. The highest BCUT2D eigenvalue weighted by atomic mass is 32.2. The molecule has 2 N–H and O–H groups in total. The molecule has 0 spiro atoms. The topological polar surface area (TPSA) is 69.6 Å². The summed E-state index contributed by atoms with van der Waals surface area (Å²) in [5, 5.41) is 13.6. The fourth-order valence-corrected chi connectivity index (χ4v) is 6.61. The van der Waals surface area contributed by atoms with Crippen molar-refractivity contribution in [2.24, 2.45) is 5.92 Å². The molecule has 2 bridgehead atoms. The zero-order valence-electron chi connectivity index (χ0n) is 19.0. The van der Waals surface area contributed by atoms with Crippen molar-refractivity contribution in [3.05, 3.63) is 89.0 Å². The molecule has 0 unspecified atom stereocenters. The number of halogens is 1. The van der Waals surface area contributed by atoms with Gasteiger partial charge in [0.15, 0.2) is 5.76 Å². The first-order valence-electron chi connectivity index (χ1n) is 11.4. The summed E-state index contributed by atoms with van der Waals surface area (Å²) in [5.74, 6) is -0.594. The van der Waals surface area contributed by atoms with Crippen molar-refractivity contribution in [3.8, 4) is 0 Å². The molecule has 3 aliphatic carbocycles. The molecule has 0 aromatic heterocycles. The minimum Gasteiger partial charge on any atom is -0.504 e. The second-order valence-electron chi connectivity index (χ2n) is 9.43. The van der Waals surface area contributed by atoms with E-state index >= 15 is 0 Å². The van der Waals surface area contributed by atoms with E-state index < -0.39 is 17.4 Å². The number of aliphatic hydroxyl groups is 1. The van der Waals surface area contributed by atoms with Crippen LogP contribution in [0.3, 0.4) is 0 Å². The largest absolute Gasteiger partial charge is 0.504 e. The third-order valence-electron chi connectivity index (χ3n) is 7.48. The summed E-state index contributed by atoms with van der Waals surface area (Å²) in [5.41, 5.74) is 3.47. The number of rotatable bonds is 7. The summed E-state index contributed by atoms with van der Waals surface area (Å²) >= 11 is 1.69. The fourth-order valence-electron chi connectivity index (χ4n) is 5.39. The third-order valence-corrected chi connectivity index (χ3v) is 8.59. The molecular weight excluding hydrogens is 451 g/mol. The van der Waals surface area contributed by atoms with Crippen LogP contribution in [-0.2, 0) is 15.3 Å². The Bertz CT molecular complexity index is 1210. The monoisotopic (exact) mass is 478 g/mol. The first-order chi connectivity index (χ1) is 16.3. The van der Waals surface area contributed by atoms with Crippen LogP contribution in [0.2, 0.25) is 0 Å². The quantitative estimate of drug-likeness (QED) is 0.335. The normalized spacial score (nSPS) is 24.6. The van der Waals surface area contributed by atoms with Gasteiger partial charge in [0.1, 0.15) is 5.82 Å². The number of nitrogens with zero attached hydrogens (tertiary/aromatic N) is 1. The molecule has 34 heavy (non-hydrogen) atoms. The zero-order valence-corrected chi connectivity index (χ0v) is 19.8. The zero-order chi connectivity index (χ0) is 24.0. The van der Waals surface area contributed by atoms with Crippen LogP contribution in [0.5, 0.6) is 0 Å². The highest BCUT2D eigenvalue weighted by Gasteiger charge is 2.61. The number of allylic oxidation sites excluding steroid dienone is 1. The lowest BCUT2D eigenvalue weighted by atomic mass is 9.49. The van der Waals surface area contributed by atoms with E-state index in [9.17, 15) is 19.1 Å². The Morgan fingerprint density at radius 1 is 1.24 bits per heavy atom. The van der Waals surface area contributed by atoms with Crippen LogP contribution in [-0.4, -0.2) is 33.9 Å². The van der Waals surface area contributed by atoms with E-state index in [2.05, 4.69) is 24.0 Å². The predicted molar refractivity (Wildman–Crippen MR) is 130 cm³/mol. The Morgan fingerprint density at radius 3 is 2.65 bits per heavy atom. The summed E-state index contributed by atoms with van der Waals surface area (Å²) in [6.45, 7) is 5.42. The van der Waals surface area contributed by atoms with E-state index in [1.54, 1.807) is 16.7 Å². The van der Waals surface area contributed by atoms with Crippen molar-refractivity contribution in [1.82, 2.24) is 10.2 Å². The molecule has 1 amide bonds. The molecule has 7 heteroatoms. The maximum atomic E-state index is 14.4. The number of hydrogen-bond acceptors (Lipinski definition) is 5. The average molecular weight is 479 g/mol. The summed E-state index contributed by atoms with van der Waals surface area (Å²) in [6.07, 6.45) is 4.78. The van der Waals surface area contributed by atoms with Crippen molar-refractivity contribution in [2.75, 3.05) is 6.67 Å². The molecule has 1 heterocycles. The molecular formula is C27H27FN2O3S. The van der Waals surface area contributed by atoms with Gasteiger partial charge in [0.05, 0.1) is 12.7 Å². The number of carbonyl (C=O) groups excluding carboxylic acids is 2. The number of thioether (sulfide) groups is 1. The molecule has 3 saturated carbocycles. The van der Waals surface area contributed by atoms with Crippen LogP contribution in [0, 0.1) is 18.7 Å². The van der Waals surface area contributed by atoms with Gasteiger partial charge in [-0.15, -0.1) is 11.8 Å². The summed E-state index contributed by atoms with van der Waals surface area (Å²) in [7, 11) is 0. The second kappa shape index (κ2) is 8.71. The van der Waals surface area contributed by atoms with E-state index in [0.717, 1.165) is 53.0 Å². The first-order valence-corrected chi connectivity index (χ1v) is 12.4. The Balaban J connectivity index is 1.48. The van der Waals surface area contributed by atoms with Crippen LogP contribution in [0.25, 0.3) is 0 Å². The van der Waals surface area contributed by atoms with E-state index in [1.165, 1.54) is 6.07 Å². The highest BCUT2D eigenvalue weighted by molar-refractivity contribution is 7.98. The SMILES string of the molecule is C=CC(=O)/C(O)=C/C(=O)N(CN[C@@H]1c2ccccc2SCc2c1ccc(F)c2C)C12CC(C1)C2. The van der Waals surface area contributed by atoms with E-state index in [1.807, 2.05) is 25.1 Å². The van der Waals surface area contributed by atoms with Crippen molar-refractivity contribution in [3.63, 3.8) is 0 Å². The van der Waals surface area contributed by atoms with Gasteiger partial charge in [-0.25, -0.2) is 4.39 Å². The lowest BCUT2D eigenvalue weighted by molar-refractivity contribution is -0.169. The van der Waals surface area contributed by atoms with Gasteiger partial charge in [0.25, 0.3) is 5.91 Å². The molecule has 5 nitrogen and oxygen atoms in total. The molecule has 2 aromatic carbocycles. The van der Waals surface area contributed by atoms with Gasteiger partial charge in [-0.05, 0) is 72.6 Å². The lowest BCUT2D eigenvalue weighted by Gasteiger charge is -2.66. The van der Waals surface area contributed by atoms with Crippen LogP contribution in [0.4, 0.5) is 4.39 Å². The smallest absolute Gasteiger partial charge is 0.251 e. The summed E-state index contributed by atoms with van der Waals surface area (Å²) in [4.78, 5) is 27.8. The maximum absolute atomic E-state index is 14.4. The van der Waals surface area contributed by atoms with Crippen LogP contribution in [0.1, 0.15) is 47.6 Å². The minimum atomic E-state index is -0.681. The number of amides is 1. The maximum Gasteiger partial charge on any atom is 0.251 e. The molecule has 3 fully saturated rings. The van der Waals surface area contributed by atoms with Gasteiger partial charge in [-0.3, -0.25) is 14.9 Å².